The van der Waals surface area contributed by atoms with Gasteiger partial charge in [-0.25, -0.2) is 0 Å². The maximum absolute atomic E-state index is 6.11. The Morgan fingerprint density at radius 3 is 2.62 bits per heavy atom. The van der Waals surface area contributed by atoms with Crippen molar-refractivity contribution < 1.29 is 4.74 Å². The van der Waals surface area contributed by atoms with Gasteiger partial charge in [-0.2, -0.15) is 0 Å². The Bertz CT molecular complexity index is 664. The molecule has 0 unspecified atom stereocenters. The summed E-state index contributed by atoms with van der Waals surface area (Å²) in [5.74, 6) is 0.568. The summed E-state index contributed by atoms with van der Waals surface area (Å²) in [5, 5.41) is 5.91. The number of thiophene rings is 1. The van der Waals surface area contributed by atoms with Gasteiger partial charge in [-0.1, -0.05) is 49.7 Å². The molecule has 1 aromatic heterocycles. The summed E-state index contributed by atoms with van der Waals surface area (Å²) in [5.41, 5.74) is 3.05. The van der Waals surface area contributed by atoms with Crippen molar-refractivity contribution in [1.82, 2.24) is 5.32 Å². The maximum atomic E-state index is 6.11. The first-order chi connectivity index (χ1) is 12.5. The summed E-state index contributed by atoms with van der Waals surface area (Å²) in [6, 6.07) is 14.0. The third-order valence-corrected chi connectivity index (χ3v) is 6.99. The summed E-state index contributed by atoms with van der Waals surface area (Å²) in [6.45, 7) is 10.9. The fourth-order valence-corrected chi connectivity index (χ4v) is 4.85. The molecular formula is C23H33NOS. The van der Waals surface area contributed by atoms with Gasteiger partial charge in [0.15, 0.2) is 0 Å². The van der Waals surface area contributed by atoms with Gasteiger partial charge >= 0.3 is 0 Å². The number of hydrogen-bond donors (Lipinski definition) is 1. The Balaban J connectivity index is 1.73. The molecule has 1 aromatic carbocycles. The molecule has 3 heteroatoms. The highest BCUT2D eigenvalue weighted by molar-refractivity contribution is 7.10. The Kier molecular flexibility index (Phi) is 6.55. The Morgan fingerprint density at radius 2 is 1.96 bits per heavy atom. The molecule has 0 radical (unpaired) electrons. The third kappa shape index (κ3) is 4.57. The van der Waals surface area contributed by atoms with Crippen LogP contribution in [0.2, 0.25) is 0 Å². The summed E-state index contributed by atoms with van der Waals surface area (Å²) in [4.78, 5) is 1.42. The number of ether oxygens (including phenoxy) is 1. The van der Waals surface area contributed by atoms with Crippen LogP contribution in [-0.2, 0) is 10.2 Å². The second-order valence-electron chi connectivity index (χ2n) is 8.19. The summed E-state index contributed by atoms with van der Waals surface area (Å²) in [6.07, 6.45) is 3.77. The Hall–Kier alpha value is -1.16. The second-order valence-corrected chi connectivity index (χ2v) is 9.17. The normalized spacial score (nSPS) is 24.7. The SMILES string of the molecule is Cc1ccc([C@]2(CCN[C@H](C)c3cccs3)CCO[C@@H](C(C)C)C2)cc1. The van der Waals surface area contributed by atoms with E-state index in [9.17, 15) is 0 Å². The van der Waals surface area contributed by atoms with Gasteiger partial charge in [0.05, 0.1) is 6.10 Å². The molecule has 0 saturated carbocycles. The predicted octanol–water partition coefficient (Wildman–Crippen LogP) is 5.87. The van der Waals surface area contributed by atoms with Crippen LogP contribution in [-0.4, -0.2) is 19.3 Å². The van der Waals surface area contributed by atoms with E-state index in [1.807, 2.05) is 11.3 Å². The lowest BCUT2D eigenvalue weighted by Gasteiger charge is -2.43. The molecule has 3 atom stereocenters. The molecule has 3 rings (SSSR count). The van der Waals surface area contributed by atoms with Crippen LogP contribution < -0.4 is 5.32 Å². The van der Waals surface area contributed by atoms with E-state index < -0.39 is 0 Å². The van der Waals surface area contributed by atoms with Crippen LogP contribution in [0.5, 0.6) is 0 Å². The van der Waals surface area contributed by atoms with Crippen molar-refractivity contribution in [2.24, 2.45) is 5.92 Å². The van der Waals surface area contributed by atoms with E-state index >= 15 is 0 Å². The van der Waals surface area contributed by atoms with Crippen molar-refractivity contribution in [3.05, 3.63) is 57.8 Å². The van der Waals surface area contributed by atoms with Gasteiger partial charge < -0.3 is 10.1 Å². The number of aryl methyl sites for hydroxylation is 1. The molecule has 0 amide bonds. The molecule has 26 heavy (non-hydrogen) atoms. The van der Waals surface area contributed by atoms with Gasteiger partial charge in [0, 0.05) is 22.9 Å². The number of benzene rings is 1. The van der Waals surface area contributed by atoms with Crippen molar-refractivity contribution in [3.8, 4) is 0 Å². The van der Waals surface area contributed by atoms with Gasteiger partial charge in [0.2, 0.25) is 0 Å². The molecular weight excluding hydrogens is 338 g/mol. The molecule has 1 aliphatic rings. The molecule has 0 aliphatic carbocycles. The minimum Gasteiger partial charge on any atom is -0.378 e. The van der Waals surface area contributed by atoms with Gasteiger partial charge in [-0.05, 0) is 62.6 Å². The van der Waals surface area contributed by atoms with Crippen LogP contribution in [0.25, 0.3) is 0 Å². The molecule has 2 aromatic rings. The van der Waals surface area contributed by atoms with E-state index in [2.05, 4.69) is 74.8 Å². The van der Waals surface area contributed by atoms with E-state index in [1.165, 1.54) is 22.4 Å². The average Bonchev–Trinajstić information content (AvgIpc) is 3.17. The zero-order valence-corrected chi connectivity index (χ0v) is 17.4. The van der Waals surface area contributed by atoms with Crippen molar-refractivity contribution in [1.29, 1.82) is 0 Å². The topological polar surface area (TPSA) is 21.3 Å². The van der Waals surface area contributed by atoms with Crippen LogP contribution in [0.4, 0.5) is 0 Å². The zero-order valence-electron chi connectivity index (χ0n) is 16.6. The molecule has 142 valence electrons. The minimum absolute atomic E-state index is 0.225. The highest BCUT2D eigenvalue weighted by Crippen LogP contribution is 2.42. The van der Waals surface area contributed by atoms with E-state index in [4.69, 9.17) is 4.74 Å². The van der Waals surface area contributed by atoms with E-state index in [0.29, 0.717) is 18.1 Å². The minimum atomic E-state index is 0.225. The van der Waals surface area contributed by atoms with E-state index in [1.54, 1.807) is 0 Å². The fraction of sp³-hybridized carbons (Fsp3) is 0.565. The summed E-state index contributed by atoms with van der Waals surface area (Å²) < 4.78 is 6.11. The van der Waals surface area contributed by atoms with Crippen molar-refractivity contribution >= 4 is 11.3 Å². The lowest BCUT2D eigenvalue weighted by Crippen LogP contribution is -2.42. The monoisotopic (exact) mass is 371 g/mol. The zero-order chi connectivity index (χ0) is 18.6. The average molecular weight is 372 g/mol. The number of hydrogen-bond acceptors (Lipinski definition) is 3. The predicted molar refractivity (Wildman–Crippen MR) is 112 cm³/mol. The van der Waals surface area contributed by atoms with Crippen molar-refractivity contribution in [2.45, 2.75) is 64.5 Å². The smallest absolute Gasteiger partial charge is 0.0606 e. The van der Waals surface area contributed by atoms with Crippen LogP contribution in [0, 0.1) is 12.8 Å². The van der Waals surface area contributed by atoms with Gasteiger partial charge in [-0.15, -0.1) is 11.3 Å². The van der Waals surface area contributed by atoms with Crippen LogP contribution >= 0.6 is 11.3 Å². The van der Waals surface area contributed by atoms with Gasteiger partial charge in [-0.3, -0.25) is 0 Å². The Morgan fingerprint density at radius 1 is 1.19 bits per heavy atom. The second kappa shape index (κ2) is 8.69. The first-order valence-corrected chi connectivity index (χ1v) is 10.8. The fourth-order valence-electron chi connectivity index (χ4n) is 4.09. The van der Waals surface area contributed by atoms with Crippen LogP contribution in [0.15, 0.2) is 41.8 Å². The molecule has 1 aliphatic heterocycles. The van der Waals surface area contributed by atoms with E-state index in [-0.39, 0.29) is 5.41 Å². The highest BCUT2D eigenvalue weighted by atomic mass is 32.1. The molecule has 1 N–H and O–H groups in total. The van der Waals surface area contributed by atoms with Crippen LogP contribution in [0.3, 0.4) is 0 Å². The van der Waals surface area contributed by atoms with Gasteiger partial charge in [0.25, 0.3) is 0 Å². The lowest BCUT2D eigenvalue weighted by molar-refractivity contribution is -0.0470. The molecule has 1 fully saturated rings. The number of nitrogens with one attached hydrogen (secondary N) is 1. The van der Waals surface area contributed by atoms with Crippen molar-refractivity contribution in [2.75, 3.05) is 13.2 Å². The standard InChI is InChI=1S/C23H33NOS/c1-17(2)21-16-23(12-14-25-21,20-9-7-18(3)8-10-20)11-13-24-19(4)22-6-5-15-26-22/h5-10,15,17,19,21,24H,11-14,16H2,1-4H3/t19-,21-,23-/m1/s1. The Labute approximate surface area is 163 Å². The molecule has 2 heterocycles. The molecule has 1 saturated heterocycles. The van der Waals surface area contributed by atoms with Crippen LogP contribution in [0.1, 0.15) is 62.1 Å². The summed E-state index contributed by atoms with van der Waals surface area (Å²) in [7, 11) is 0. The quantitative estimate of drug-likeness (QED) is 0.657. The number of rotatable bonds is 7. The molecule has 0 bridgehead atoms. The largest absolute Gasteiger partial charge is 0.378 e. The third-order valence-electron chi connectivity index (χ3n) is 5.94. The first-order valence-electron chi connectivity index (χ1n) is 9.96. The van der Waals surface area contributed by atoms with Gasteiger partial charge in [0.1, 0.15) is 0 Å². The summed E-state index contributed by atoms with van der Waals surface area (Å²) >= 11 is 1.84. The maximum Gasteiger partial charge on any atom is 0.0606 e. The molecule has 2 nitrogen and oxygen atoms in total. The lowest BCUT2D eigenvalue weighted by atomic mass is 9.68. The van der Waals surface area contributed by atoms with E-state index in [0.717, 1.165) is 26.0 Å². The first kappa shape index (κ1) is 19.6. The van der Waals surface area contributed by atoms with Crippen molar-refractivity contribution in [3.63, 3.8) is 0 Å². The molecule has 0 spiro atoms. The highest BCUT2D eigenvalue weighted by Gasteiger charge is 2.39.